The number of para-hydroxylation sites is 2. The van der Waals surface area contributed by atoms with E-state index in [0.29, 0.717) is 0 Å². The van der Waals surface area contributed by atoms with Crippen LogP contribution in [0.3, 0.4) is 0 Å². The zero-order chi connectivity index (χ0) is 20.4. The van der Waals surface area contributed by atoms with Crippen molar-refractivity contribution in [2.24, 2.45) is 0 Å². The summed E-state index contributed by atoms with van der Waals surface area (Å²) in [6.07, 6.45) is -1.80. The molecule has 29 heavy (non-hydrogen) atoms. The summed E-state index contributed by atoms with van der Waals surface area (Å²) in [6.45, 7) is 4.12. The lowest BCUT2D eigenvalue weighted by molar-refractivity contribution is 0.478. The molecule has 0 atom stereocenters. The number of rotatable bonds is 4. The maximum absolute atomic E-state index is 11.0. The Morgan fingerprint density at radius 1 is 0.483 bits per heavy atom. The first-order valence-electron chi connectivity index (χ1n) is 9.90. The van der Waals surface area contributed by atoms with Crippen LogP contribution in [0, 0.1) is 13.8 Å². The smallest absolute Gasteiger partial charge is 0.117 e. The second-order valence-corrected chi connectivity index (χ2v) is 7.81. The fourth-order valence-corrected chi connectivity index (χ4v) is 4.50. The minimum Gasteiger partial charge on any atom is -0.511 e. The van der Waals surface area contributed by atoms with E-state index in [4.69, 9.17) is 0 Å². The molecule has 0 radical (unpaired) electrons. The minimum absolute atomic E-state index is 0.219. The number of benzene rings is 4. The van der Waals surface area contributed by atoms with Crippen molar-refractivity contribution in [2.45, 2.75) is 13.8 Å². The first-order chi connectivity index (χ1) is 14.0. The van der Waals surface area contributed by atoms with Gasteiger partial charge in [0.2, 0.25) is 0 Å². The Balaban J connectivity index is 2.19. The summed E-state index contributed by atoms with van der Waals surface area (Å²) in [7, 11) is 0. The zero-order valence-electron chi connectivity index (χ0n) is 16.7. The summed E-state index contributed by atoms with van der Waals surface area (Å²) >= 11 is 0. The van der Waals surface area contributed by atoms with E-state index in [9.17, 15) is 10.2 Å². The molecule has 0 aliphatic carbocycles. The third-order valence-corrected chi connectivity index (χ3v) is 5.96. The number of hydrogen-bond donors (Lipinski definition) is 2. The third kappa shape index (κ3) is 3.19. The average Bonchev–Trinajstić information content (AvgIpc) is 2.73. The van der Waals surface area contributed by atoms with Crippen LogP contribution >= 0.6 is 0 Å². The van der Waals surface area contributed by atoms with Crippen LogP contribution in [-0.4, -0.2) is 16.4 Å². The maximum Gasteiger partial charge on any atom is 0.117 e. The normalized spacial score (nSPS) is 11.4. The lowest BCUT2D eigenvalue weighted by Crippen LogP contribution is -2.74. The summed E-state index contributed by atoms with van der Waals surface area (Å²) in [5, 5.41) is 21.9. The van der Waals surface area contributed by atoms with E-state index in [0.717, 1.165) is 33.0 Å². The molecule has 0 aliphatic heterocycles. The van der Waals surface area contributed by atoms with Crippen LogP contribution in [0.4, 0.5) is 0 Å². The van der Waals surface area contributed by atoms with Gasteiger partial charge in [0.25, 0.3) is 0 Å². The van der Waals surface area contributed by atoms with E-state index >= 15 is 0 Å². The molecule has 0 aliphatic rings. The fraction of sp³-hybridized carbons (Fsp3) is 0.0769. The Bertz CT molecular complexity index is 1040. The lowest BCUT2D eigenvalue weighted by atomic mass is 9.12. The molecule has 0 heterocycles. The lowest BCUT2D eigenvalue weighted by Gasteiger charge is -2.44. The van der Waals surface area contributed by atoms with E-state index in [1.807, 2.05) is 36.4 Å². The third-order valence-electron chi connectivity index (χ3n) is 5.96. The van der Waals surface area contributed by atoms with Crippen molar-refractivity contribution in [3.63, 3.8) is 0 Å². The molecule has 0 unspecified atom stereocenters. The van der Waals surface area contributed by atoms with Gasteiger partial charge in [0.1, 0.15) is 6.15 Å². The Labute approximate surface area is 172 Å². The van der Waals surface area contributed by atoms with Crippen LogP contribution in [0.25, 0.3) is 0 Å². The Hall–Kier alpha value is -3.46. The van der Waals surface area contributed by atoms with Gasteiger partial charge in [-0.3, -0.25) is 0 Å². The van der Waals surface area contributed by atoms with Crippen LogP contribution in [-0.2, 0) is 0 Å². The predicted molar refractivity (Wildman–Crippen MR) is 123 cm³/mol. The number of aryl methyl sites for hydroxylation is 2. The first-order valence-corrected chi connectivity index (χ1v) is 9.90. The second kappa shape index (κ2) is 7.52. The summed E-state index contributed by atoms with van der Waals surface area (Å²) in [6, 6.07) is 31.6. The van der Waals surface area contributed by atoms with Crippen molar-refractivity contribution < 1.29 is 10.2 Å². The highest BCUT2D eigenvalue weighted by Crippen LogP contribution is 2.19. The van der Waals surface area contributed by atoms with Gasteiger partial charge in [0, 0.05) is 0 Å². The van der Waals surface area contributed by atoms with Crippen molar-refractivity contribution in [1.29, 1.82) is 0 Å². The summed E-state index contributed by atoms with van der Waals surface area (Å²) < 4.78 is 0. The molecule has 0 aromatic heterocycles. The number of phenolic OH excluding ortho intramolecular Hbond substituents is 2. The topological polar surface area (TPSA) is 40.5 Å². The molecular formula is C26H24BO2-. The van der Waals surface area contributed by atoms with Crippen LogP contribution in [0.15, 0.2) is 97.1 Å². The van der Waals surface area contributed by atoms with Crippen molar-refractivity contribution in [2.75, 3.05) is 0 Å². The van der Waals surface area contributed by atoms with E-state index < -0.39 is 6.15 Å². The van der Waals surface area contributed by atoms with Crippen LogP contribution in [0.2, 0.25) is 0 Å². The molecule has 4 aromatic carbocycles. The molecule has 0 spiro atoms. The van der Waals surface area contributed by atoms with Gasteiger partial charge in [-0.15, -0.1) is 0 Å². The molecule has 4 aromatic rings. The molecule has 0 saturated heterocycles. The van der Waals surface area contributed by atoms with Crippen LogP contribution < -0.4 is 21.9 Å². The summed E-state index contributed by atoms with van der Waals surface area (Å²) in [4.78, 5) is 0. The Morgan fingerprint density at radius 3 is 1.17 bits per heavy atom. The van der Waals surface area contributed by atoms with E-state index in [1.54, 1.807) is 12.1 Å². The highest BCUT2D eigenvalue weighted by molar-refractivity contribution is 7.20. The highest BCUT2D eigenvalue weighted by atomic mass is 16.3. The quantitative estimate of drug-likeness (QED) is 0.535. The van der Waals surface area contributed by atoms with Crippen LogP contribution in [0.1, 0.15) is 11.1 Å². The molecule has 2 N–H and O–H groups in total. The highest BCUT2D eigenvalue weighted by Gasteiger charge is 2.35. The van der Waals surface area contributed by atoms with Crippen molar-refractivity contribution in [3.05, 3.63) is 108 Å². The summed E-state index contributed by atoms with van der Waals surface area (Å²) in [5.74, 6) is 0.439. The van der Waals surface area contributed by atoms with Crippen molar-refractivity contribution >= 4 is 28.0 Å². The number of hydrogen-bond acceptors (Lipinski definition) is 2. The van der Waals surface area contributed by atoms with E-state index in [-0.39, 0.29) is 11.5 Å². The number of phenols is 2. The molecule has 3 heteroatoms. The maximum atomic E-state index is 11.0. The average molecular weight is 379 g/mol. The van der Waals surface area contributed by atoms with Gasteiger partial charge in [-0.25, -0.2) is 0 Å². The minimum atomic E-state index is -1.80. The van der Waals surface area contributed by atoms with Gasteiger partial charge in [-0.1, -0.05) is 96.1 Å². The molecule has 0 bridgehead atoms. The zero-order valence-corrected chi connectivity index (χ0v) is 16.7. The van der Waals surface area contributed by atoms with Gasteiger partial charge >= 0.3 is 0 Å². The summed E-state index contributed by atoms with van der Waals surface area (Å²) in [5.41, 5.74) is 6.00. The first kappa shape index (κ1) is 18.9. The molecule has 4 rings (SSSR count). The van der Waals surface area contributed by atoms with Gasteiger partial charge in [-0.2, -0.15) is 21.9 Å². The monoisotopic (exact) mass is 379 g/mol. The Morgan fingerprint density at radius 2 is 0.828 bits per heavy atom. The molecule has 0 saturated carbocycles. The van der Waals surface area contributed by atoms with Gasteiger partial charge in [0.05, 0.1) is 11.5 Å². The van der Waals surface area contributed by atoms with Crippen molar-refractivity contribution in [1.82, 2.24) is 0 Å². The fourth-order valence-electron chi connectivity index (χ4n) is 4.50. The van der Waals surface area contributed by atoms with Crippen LogP contribution in [0.5, 0.6) is 11.5 Å². The molecule has 0 fully saturated rings. The number of aromatic hydroxyl groups is 2. The van der Waals surface area contributed by atoms with Gasteiger partial charge in [-0.05, 0) is 26.0 Å². The molecule has 2 nitrogen and oxygen atoms in total. The molecular weight excluding hydrogens is 355 g/mol. The molecule has 0 amide bonds. The van der Waals surface area contributed by atoms with E-state index in [2.05, 4.69) is 62.4 Å². The second-order valence-electron chi connectivity index (χ2n) is 7.81. The van der Waals surface area contributed by atoms with Crippen molar-refractivity contribution in [3.8, 4) is 11.5 Å². The van der Waals surface area contributed by atoms with Gasteiger partial charge in [0.15, 0.2) is 0 Å². The Kier molecular flexibility index (Phi) is 4.90. The molecule has 144 valence electrons. The SMILES string of the molecule is Cc1ccc([B-](c2ccc(C)cc2)(c2ccccc2O)c2ccccc2O)cc1. The largest absolute Gasteiger partial charge is 0.511 e. The standard InChI is InChI=1S/C26H24BO2/c1-19-11-15-21(16-12-19)27(22-17-13-20(2)14-18-22,23-7-3-5-9-25(23)28)24-8-4-6-10-26(24)29/h3-18,28-29H,1-2H3/q-1. The van der Waals surface area contributed by atoms with Gasteiger partial charge < -0.3 is 10.2 Å². The predicted octanol–water partition coefficient (Wildman–Crippen LogP) is 3.09. The van der Waals surface area contributed by atoms with E-state index in [1.165, 1.54) is 0 Å².